The monoisotopic (exact) mass is 230 g/mol. The summed E-state index contributed by atoms with van der Waals surface area (Å²) in [5, 5.41) is 0.749. The predicted molar refractivity (Wildman–Crippen MR) is 55.4 cm³/mol. The number of aliphatic imine (C=N–C) groups is 1. The summed E-state index contributed by atoms with van der Waals surface area (Å²) in [5.74, 6) is 0. The lowest BCUT2D eigenvalue weighted by Crippen LogP contribution is -2.14. The molecule has 14 heavy (non-hydrogen) atoms. The van der Waals surface area contributed by atoms with Gasteiger partial charge >= 0.3 is 0 Å². The molecule has 74 valence electrons. The quantitative estimate of drug-likeness (QED) is 0.446. The molecule has 1 aromatic heterocycles. The second-order valence-corrected chi connectivity index (χ2v) is 4.04. The van der Waals surface area contributed by atoms with Gasteiger partial charge in [0.15, 0.2) is 0 Å². The van der Waals surface area contributed by atoms with E-state index in [-0.39, 0.29) is 0 Å². The number of aromatic nitrogens is 1. The van der Waals surface area contributed by atoms with Gasteiger partial charge in [-0.2, -0.15) is 4.99 Å². The summed E-state index contributed by atoms with van der Waals surface area (Å²) < 4.78 is 0. The first kappa shape index (κ1) is 11.2. The average Bonchev–Trinajstić information content (AvgIpc) is 2.02. The summed E-state index contributed by atoms with van der Waals surface area (Å²) in [4.78, 5) is 17.7. The summed E-state index contributed by atoms with van der Waals surface area (Å²) in [6.45, 7) is 3.49. The molecule has 0 radical (unpaired) electrons. The SMILES string of the molecule is CC(C)(N=C=O)c1cnc(Cl)cc1Cl. The van der Waals surface area contributed by atoms with E-state index < -0.39 is 5.54 Å². The molecular weight excluding hydrogens is 223 g/mol. The molecule has 0 fully saturated rings. The Morgan fingerprint density at radius 3 is 2.64 bits per heavy atom. The molecule has 0 N–H and O–H groups in total. The minimum atomic E-state index is -0.726. The molecule has 0 atom stereocenters. The smallest absolute Gasteiger partial charge is 0.235 e. The van der Waals surface area contributed by atoms with Crippen LogP contribution in [0.4, 0.5) is 0 Å². The molecule has 1 rings (SSSR count). The molecule has 0 aliphatic heterocycles. The molecule has 0 unspecified atom stereocenters. The van der Waals surface area contributed by atoms with Crippen LogP contribution in [-0.2, 0) is 10.3 Å². The summed E-state index contributed by atoms with van der Waals surface area (Å²) >= 11 is 11.6. The standard InChI is InChI=1S/C9H8Cl2N2O/c1-9(2,13-5-14)6-4-12-8(11)3-7(6)10/h3-4H,1-2H3. The first-order valence-corrected chi connectivity index (χ1v) is 4.63. The fraction of sp³-hybridized carbons (Fsp3) is 0.333. The van der Waals surface area contributed by atoms with Gasteiger partial charge in [0.25, 0.3) is 0 Å². The van der Waals surface area contributed by atoms with E-state index in [0.29, 0.717) is 15.7 Å². The van der Waals surface area contributed by atoms with Crippen molar-refractivity contribution in [2.45, 2.75) is 19.4 Å². The third-order valence-electron chi connectivity index (χ3n) is 1.80. The molecule has 5 heteroatoms. The molecule has 0 aliphatic rings. The molecule has 1 heterocycles. The van der Waals surface area contributed by atoms with Crippen LogP contribution in [0.25, 0.3) is 0 Å². The topological polar surface area (TPSA) is 42.3 Å². The molecule has 0 aromatic carbocycles. The van der Waals surface area contributed by atoms with E-state index in [1.807, 2.05) is 0 Å². The van der Waals surface area contributed by atoms with Gasteiger partial charge in [0.2, 0.25) is 6.08 Å². The Balaban J connectivity index is 3.25. The van der Waals surface area contributed by atoms with Crippen molar-refractivity contribution in [1.82, 2.24) is 4.98 Å². The van der Waals surface area contributed by atoms with E-state index in [2.05, 4.69) is 9.98 Å². The zero-order chi connectivity index (χ0) is 10.8. The average molecular weight is 231 g/mol. The van der Waals surface area contributed by atoms with Crippen LogP contribution in [0.2, 0.25) is 10.2 Å². The van der Waals surface area contributed by atoms with E-state index in [4.69, 9.17) is 23.2 Å². The number of rotatable bonds is 2. The van der Waals surface area contributed by atoms with Crippen molar-refractivity contribution in [2.75, 3.05) is 0 Å². The van der Waals surface area contributed by atoms with Gasteiger partial charge in [0, 0.05) is 11.8 Å². The van der Waals surface area contributed by atoms with Crippen LogP contribution in [0.5, 0.6) is 0 Å². The van der Waals surface area contributed by atoms with Gasteiger partial charge in [0.05, 0.1) is 10.6 Å². The Labute approximate surface area is 91.8 Å². The second-order valence-electron chi connectivity index (χ2n) is 3.25. The van der Waals surface area contributed by atoms with Crippen molar-refractivity contribution in [3.63, 3.8) is 0 Å². The third kappa shape index (κ3) is 2.32. The molecule has 0 saturated carbocycles. The van der Waals surface area contributed by atoms with Gasteiger partial charge in [0.1, 0.15) is 5.15 Å². The van der Waals surface area contributed by atoms with Crippen LogP contribution in [0.15, 0.2) is 17.3 Å². The molecular formula is C9H8Cl2N2O. The number of hydrogen-bond donors (Lipinski definition) is 0. The maximum atomic E-state index is 10.2. The summed E-state index contributed by atoms with van der Waals surface area (Å²) in [6.07, 6.45) is 3.01. The van der Waals surface area contributed by atoms with Crippen molar-refractivity contribution in [1.29, 1.82) is 0 Å². The first-order chi connectivity index (χ1) is 6.47. The Kier molecular flexibility index (Phi) is 3.27. The summed E-state index contributed by atoms with van der Waals surface area (Å²) in [7, 11) is 0. The Hall–Kier alpha value is -0.890. The molecule has 0 aliphatic carbocycles. The van der Waals surface area contributed by atoms with Gasteiger partial charge < -0.3 is 0 Å². The van der Waals surface area contributed by atoms with Crippen LogP contribution in [0.3, 0.4) is 0 Å². The first-order valence-electron chi connectivity index (χ1n) is 3.88. The van der Waals surface area contributed by atoms with E-state index in [1.165, 1.54) is 18.3 Å². The number of hydrogen-bond acceptors (Lipinski definition) is 3. The summed E-state index contributed by atoms with van der Waals surface area (Å²) in [6, 6.07) is 1.51. The number of pyridine rings is 1. The summed E-state index contributed by atoms with van der Waals surface area (Å²) in [5.41, 5.74) is -0.0805. The van der Waals surface area contributed by atoms with Gasteiger partial charge in [-0.3, -0.25) is 0 Å². The lowest BCUT2D eigenvalue weighted by atomic mass is 9.97. The lowest BCUT2D eigenvalue weighted by Gasteiger charge is -2.18. The minimum Gasteiger partial charge on any atom is -0.244 e. The Morgan fingerprint density at radius 2 is 2.14 bits per heavy atom. The number of isocyanates is 1. The van der Waals surface area contributed by atoms with Crippen LogP contribution in [-0.4, -0.2) is 11.1 Å². The highest BCUT2D eigenvalue weighted by molar-refractivity contribution is 6.34. The van der Waals surface area contributed by atoms with Crippen molar-refractivity contribution in [3.8, 4) is 0 Å². The largest absolute Gasteiger partial charge is 0.244 e. The number of nitrogens with zero attached hydrogens (tertiary/aromatic N) is 2. The Morgan fingerprint density at radius 1 is 1.50 bits per heavy atom. The number of carbonyl (C=O) groups excluding carboxylic acids is 1. The van der Waals surface area contributed by atoms with Crippen molar-refractivity contribution >= 4 is 29.3 Å². The zero-order valence-corrected chi connectivity index (χ0v) is 9.23. The van der Waals surface area contributed by atoms with Gasteiger partial charge in [-0.1, -0.05) is 23.2 Å². The maximum absolute atomic E-state index is 10.2. The Bertz CT molecular complexity index is 398. The van der Waals surface area contributed by atoms with E-state index >= 15 is 0 Å². The highest BCUT2D eigenvalue weighted by Crippen LogP contribution is 2.31. The van der Waals surface area contributed by atoms with Crippen LogP contribution in [0.1, 0.15) is 19.4 Å². The molecule has 0 saturated heterocycles. The normalized spacial score (nSPS) is 10.9. The van der Waals surface area contributed by atoms with Crippen LogP contribution in [0, 0.1) is 0 Å². The maximum Gasteiger partial charge on any atom is 0.235 e. The van der Waals surface area contributed by atoms with Gasteiger partial charge in [-0.25, -0.2) is 9.78 Å². The molecule has 0 amide bonds. The molecule has 0 bridgehead atoms. The van der Waals surface area contributed by atoms with Crippen LogP contribution >= 0.6 is 23.2 Å². The van der Waals surface area contributed by atoms with E-state index in [1.54, 1.807) is 13.8 Å². The fourth-order valence-electron chi connectivity index (χ4n) is 1.03. The second kappa shape index (κ2) is 4.09. The number of halogens is 2. The van der Waals surface area contributed by atoms with Crippen molar-refractivity contribution in [3.05, 3.63) is 28.0 Å². The van der Waals surface area contributed by atoms with Crippen LogP contribution < -0.4 is 0 Å². The molecule has 3 nitrogen and oxygen atoms in total. The van der Waals surface area contributed by atoms with Gasteiger partial charge in [-0.05, 0) is 19.9 Å². The van der Waals surface area contributed by atoms with Crippen molar-refractivity contribution < 1.29 is 4.79 Å². The zero-order valence-electron chi connectivity index (χ0n) is 7.71. The van der Waals surface area contributed by atoms with E-state index in [9.17, 15) is 4.79 Å². The highest BCUT2D eigenvalue weighted by atomic mass is 35.5. The molecule has 1 aromatic rings. The highest BCUT2D eigenvalue weighted by Gasteiger charge is 2.22. The molecule has 0 spiro atoms. The van der Waals surface area contributed by atoms with E-state index in [0.717, 1.165) is 0 Å². The fourth-order valence-corrected chi connectivity index (χ4v) is 1.63. The lowest BCUT2D eigenvalue weighted by molar-refractivity contribution is 0.522. The predicted octanol–water partition coefficient (Wildman–Crippen LogP) is 2.96. The minimum absolute atomic E-state index is 0.310. The van der Waals surface area contributed by atoms with Crippen molar-refractivity contribution in [2.24, 2.45) is 4.99 Å². The van der Waals surface area contributed by atoms with Gasteiger partial charge in [-0.15, -0.1) is 0 Å². The third-order valence-corrected chi connectivity index (χ3v) is 2.32.